The predicted molar refractivity (Wildman–Crippen MR) is 94.5 cm³/mol. The average molecular weight is 387 g/mol. The molecule has 2 heterocycles. The SMILES string of the molecule is O=C(Nc1ccc(Cl)c(C2CCC2)c1)N1[C@@H]2CC[C@H]1CC(C(F)(F)F)C2. The first-order valence-electron chi connectivity index (χ1n) is 9.28. The zero-order chi connectivity index (χ0) is 18.5. The van der Waals surface area contributed by atoms with Crippen LogP contribution in [0, 0.1) is 5.92 Å². The number of nitrogens with one attached hydrogen (secondary N) is 1. The van der Waals surface area contributed by atoms with Crippen molar-refractivity contribution in [3.05, 3.63) is 28.8 Å². The molecule has 3 aliphatic rings. The Balaban J connectivity index is 1.46. The molecule has 0 aromatic heterocycles. The molecule has 2 bridgehead atoms. The molecular formula is C19H22ClF3N2O. The number of rotatable bonds is 2. The van der Waals surface area contributed by atoms with Crippen LogP contribution >= 0.6 is 11.6 Å². The minimum atomic E-state index is -4.17. The molecule has 2 aliphatic heterocycles. The Labute approximate surface area is 155 Å². The molecule has 3 atom stereocenters. The van der Waals surface area contributed by atoms with Crippen molar-refractivity contribution in [1.82, 2.24) is 4.90 Å². The highest BCUT2D eigenvalue weighted by atomic mass is 35.5. The van der Waals surface area contributed by atoms with Crippen molar-refractivity contribution >= 4 is 23.3 Å². The number of halogens is 4. The molecule has 1 aliphatic carbocycles. The number of amides is 2. The van der Waals surface area contributed by atoms with E-state index in [-0.39, 0.29) is 31.0 Å². The second-order valence-corrected chi connectivity index (χ2v) is 8.20. The molecule has 1 N–H and O–H groups in total. The van der Waals surface area contributed by atoms with Gasteiger partial charge in [-0.25, -0.2) is 4.79 Å². The summed E-state index contributed by atoms with van der Waals surface area (Å²) in [6, 6.07) is 4.52. The minimum absolute atomic E-state index is 0.0152. The minimum Gasteiger partial charge on any atom is -0.319 e. The van der Waals surface area contributed by atoms with Crippen LogP contribution in [0.25, 0.3) is 0 Å². The van der Waals surface area contributed by atoms with E-state index in [2.05, 4.69) is 5.32 Å². The van der Waals surface area contributed by atoms with Crippen LogP contribution in [-0.4, -0.2) is 29.2 Å². The van der Waals surface area contributed by atoms with Crippen LogP contribution in [0.4, 0.5) is 23.7 Å². The van der Waals surface area contributed by atoms with E-state index in [4.69, 9.17) is 11.6 Å². The van der Waals surface area contributed by atoms with Gasteiger partial charge in [-0.05, 0) is 68.2 Å². The van der Waals surface area contributed by atoms with Gasteiger partial charge in [-0.15, -0.1) is 0 Å². The van der Waals surface area contributed by atoms with E-state index in [9.17, 15) is 18.0 Å². The van der Waals surface area contributed by atoms with Gasteiger partial charge in [0.15, 0.2) is 0 Å². The summed E-state index contributed by atoms with van der Waals surface area (Å²) in [5, 5.41) is 3.59. The third-order valence-electron chi connectivity index (χ3n) is 6.22. The number of piperidine rings is 1. The van der Waals surface area contributed by atoms with Crippen LogP contribution in [-0.2, 0) is 0 Å². The Kier molecular flexibility index (Phi) is 4.58. The Morgan fingerprint density at radius 3 is 2.31 bits per heavy atom. The first-order chi connectivity index (χ1) is 12.3. The summed E-state index contributed by atoms with van der Waals surface area (Å²) in [6.45, 7) is 0. The molecule has 2 saturated heterocycles. The number of alkyl halides is 3. The van der Waals surface area contributed by atoms with Crippen LogP contribution in [0.3, 0.4) is 0 Å². The van der Waals surface area contributed by atoms with E-state index in [1.165, 1.54) is 6.42 Å². The average Bonchev–Trinajstić information content (AvgIpc) is 2.78. The maximum absolute atomic E-state index is 13.1. The molecule has 0 radical (unpaired) electrons. The maximum Gasteiger partial charge on any atom is 0.391 e. The summed E-state index contributed by atoms with van der Waals surface area (Å²) in [6.07, 6.45) is 0.560. The van der Waals surface area contributed by atoms with Gasteiger partial charge in [0, 0.05) is 22.8 Å². The number of fused-ring (bicyclic) bond motifs is 2. The molecular weight excluding hydrogens is 365 g/mol. The second kappa shape index (κ2) is 6.63. The first kappa shape index (κ1) is 18.0. The van der Waals surface area contributed by atoms with Crippen LogP contribution in [0.1, 0.15) is 56.4 Å². The van der Waals surface area contributed by atoms with Crippen LogP contribution in [0.5, 0.6) is 0 Å². The van der Waals surface area contributed by atoms with Gasteiger partial charge >= 0.3 is 12.2 Å². The highest BCUT2D eigenvalue weighted by Gasteiger charge is 2.51. The summed E-state index contributed by atoms with van der Waals surface area (Å²) in [7, 11) is 0. The van der Waals surface area contributed by atoms with E-state index < -0.39 is 12.1 Å². The summed E-state index contributed by atoms with van der Waals surface area (Å²) in [5.41, 5.74) is 1.72. The molecule has 3 nitrogen and oxygen atoms in total. The molecule has 0 spiro atoms. The smallest absolute Gasteiger partial charge is 0.319 e. The fourth-order valence-electron chi connectivity index (χ4n) is 4.62. The molecule has 26 heavy (non-hydrogen) atoms. The number of carbonyl (C=O) groups excluding carboxylic acids is 1. The van der Waals surface area contributed by atoms with Crippen molar-refractivity contribution in [2.24, 2.45) is 5.92 Å². The Morgan fingerprint density at radius 2 is 1.77 bits per heavy atom. The molecule has 2 amide bonds. The number of benzene rings is 1. The van der Waals surface area contributed by atoms with Gasteiger partial charge in [0.05, 0.1) is 5.92 Å². The number of urea groups is 1. The molecule has 1 saturated carbocycles. The molecule has 142 valence electrons. The van der Waals surface area contributed by atoms with Gasteiger partial charge in [-0.1, -0.05) is 18.0 Å². The summed E-state index contributed by atoms with van der Waals surface area (Å²) >= 11 is 6.27. The summed E-state index contributed by atoms with van der Waals surface area (Å²) in [4.78, 5) is 14.4. The quantitative estimate of drug-likeness (QED) is 0.669. The number of anilines is 1. The van der Waals surface area contributed by atoms with Crippen LogP contribution in [0.15, 0.2) is 18.2 Å². The van der Waals surface area contributed by atoms with E-state index in [0.29, 0.717) is 29.5 Å². The molecule has 4 rings (SSSR count). The lowest BCUT2D eigenvalue weighted by molar-refractivity contribution is -0.188. The largest absolute Gasteiger partial charge is 0.391 e. The lowest BCUT2D eigenvalue weighted by Crippen LogP contribution is -2.50. The lowest BCUT2D eigenvalue weighted by Gasteiger charge is -2.39. The van der Waals surface area contributed by atoms with Crippen molar-refractivity contribution in [2.75, 3.05) is 5.32 Å². The first-order valence-corrected chi connectivity index (χ1v) is 9.66. The van der Waals surface area contributed by atoms with Crippen molar-refractivity contribution in [2.45, 2.75) is 69.1 Å². The van der Waals surface area contributed by atoms with E-state index in [1.807, 2.05) is 6.07 Å². The highest BCUT2D eigenvalue weighted by molar-refractivity contribution is 6.31. The molecule has 1 unspecified atom stereocenters. The lowest BCUT2D eigenvalue weighted by atomic mass is 9.80. The van der Waals surface area contributed by atoms with Gasteiger partial charge in [-0.2, -0.15) is 13.2 Å². The monoisotopic (exact) mass is 386 g/mol. The van der Waals surface area contributed by atoms with Crippen LogP contribution < -0.4 is 5.32 Å². The fraction of sp³-hybridized carbons (Fsp3) is 0.632. The number of carbonyl (C=O) groups is 1. The molecule has 7 heteroatoms. The van der Waals surface area contributed by atoms with Crippen molar-refractivity contribution in [3.8, 4) is 0 Å². The standard InChI is InChI=1S/C19H22ClF3N2O/c20-17-7-4-13(10-16(17)11-2-1-3-11)24-18(26)25-14-5-6-15(25)9-12(8-14)19(21,22)23/h4,7,10-12,14-15H,1-3,5-6,8-9H2,(H,24,26)/t12?,14-,15+. The van der Waals surface area contributed by atoms with E-state index >= 15 is 0 Å². The maximum atomic E-state index is 13.1. The molecule has 3 fully saturated rings. The van der Waals surface area contributed by atoms with Gasteiger partial charge in [-0.3, -0.25) is 0 Å². The third kappa shape index (κ3) is 3.28. The van der Waals surface area contributed by atoms with Gasteiger partial charge in [0.25, 0.3) is 0 Å². The number of nitrogens with zero attached hydrogens (tertiary/aromatic N) is 1. The zero-order valence-electron chi connectivity index (χ0n) is 14.4. The van der Waals surface area contributed by atoms with Crippen LogP contribution in [0.2, 0.25) is 5.02 Å². The Hall–Kier alpha value is -1.43. The van der Waals surface area contributed by atoms with Crippen molar-refractivity contribution < 1.29 is 18.0 Å². The van der Waals surface area contributed by atoms with Crippen molar-refractivity contribution in [3.63, 3.8) is 0 Å². The zero-order valence-corrected chi connectivity index (χ0v) is 15.1. The normalized spacial score (nSPS) is 28.8. The number of hydrogen-bond donors (Lipinski definition) is 1. The number of hydrogen-bond acceptors (Lipinski definition) is 1. The van der Waals surface area contributed by atoms with E-state index in [0.717, 1.165) is 18.4 Å². The third-order valence-corrected chi connectivity index (χ3v) is 6.57. The Bertz CT molecular complexity index is 691. The molecule has 1 aromatic carbocycles. The van der Waals surface area contributed by atoms with Gasteiger partial charge < -0.3 is 10.2 Å². The molecule has 1 aromatic rings. The predicted octanol–water partition coefficient (Wildman–Crippen LogP) is 5.94. The summed E-state index contributed by atoms with van der Waals surface area (Å²) < 4.78 is 39.2. The van der Waals surface area contributed by atoms with Gasteiger partial charge in [0.1, 0.15) is 0 Å². The second-order valence-electron chi connectivity index (χ2n) is 7.80. The Morgan fingerprint density at radius 1 is 1.12 bits per heavy atom. The van der Waals surface area contributed by atoms with E-state index in [1.54, 1.807) is 17.0 Å². The van der Waals surface area contributed by atoms with Crippen molar-refractivity contribution in [1.29, 1.82) is 0 Å². The topological polar surface area (TPSA) is 32.3 Å². The van der Waals surface area contributed by atoms with Gasteiger partial charge in [0.2, 0.25) is 0 Å². The fourth-order valence-corrected chi connectivity index (χ4v) is 4.89. The highest BCUT2D eigenvalue weighted by Crippen LogP contribution is 2.45. The summed E-state index contributed by atoms with van der Waals surface area (Å²) in [5.74, 6) is -0.845.